The molecule has 0 aromatic rings. The molecule has 1 amide bonds. The van der Waals surface area contributed by atoms with Gasteiger partial charge in [-0.1, -0.05) is 61.5 Å². The maximum Gasteiger partial charge on any atom is 0.329 e. The van der Waals surface area contributed by atoms with E-state index in [0.717, 1.165) is 6.42 Å². The number of carbonyl (C=O) groups is 4. The van der Waals surface area contributed by atoms with Crippen LogP contribution in [0.15, 0.2) is 11.8 Å². The molecule has 0 aliphatic rings. The van der Waals surface area contributed by atoms with Crippen LogP contribution in [0.2, 0.25) is 0 Å². The number of hydrogen-bond acceptors (Lipinski definition) is 7. The zero-order valence-electron chi connectivity index (χ0n) is 26.0. The Morgan fingerprint density at radius 3 is 1.68 bits per heavy atom. The van der Waals surface area contributed by atoms with Crippen molar-refractivity contribution in [3.63, 3.8) is 0 Å². The molecule has 0 aromatic carbocycles. The van der Waals surface area contributed by atoms with Gasteiger partial charge >= 0.3 is 11.9 Å². The highest BCUT2D eigenvalue weighted by Gasteiger charge is 2.33. The predicted octanol–water partition coefficient (Wildman–Crippen LogP) is 5.25. The Hall–Kier alpha value is -2.38. The molecule has 0 N–H and O–H groups in total. The van der Waals surface area contributed by atoms with Gasteiger partial charge in [0.2, 0.25) is 0 Å². The number of hydrogen-bond donors (Lipinski definition) is 0. The van der Waals surface area contributed by atoms with Gasteiger partial charge in [-0.15, -0.1) is 0 Å². The first kappa shape index (κ1) is 35.6. The van der Waals surface area contributed by atoms with Crippen molar-refractivity contribution in [1.82, 2.24) is 9.80 Å². The largest absolute Gasteiger partial charge is 0.459 e. The Labute approximate surface area is 231 Å². The Balaban J connectivity index is 5.65. The summed E-state index contributed by atoms with van der Waals surface area (Å²) in [5.41, 5.74) is 0.713. The Morgan fingerprint density at radius 2 is 1.24 bits per heavy atom. The third-order valence-electron chi connectivity index (χ3n) is 6.54. The maximum atomic E-state index is 13.4. The monoisotopic (exact) mass is 538 g/mol. The van der Waals surface area contributed by atoms with Gasteiger partial charge in [0, 0.05) is 19.8 Å². The van der Waals surface area contributed by atoms with Crippen molar-refractivity contribution in [2.45, 2.75) is 113 Å². The van der Waals surface area contributed by atoms with E-state index in [2.05, 4.69) is 13.8 Å². The molecule has 0 aliphatic carbocycles. The summed E-state index contributed by atoms with van der Waals surface area (Å²) in [5.74, 6) is -0.727. The number of Topliss-reactive ketones (excluding diaryl/α,β-unsaturated/α-hetero) is 1. The average molecular weight is 539 g/mol. The standard InChI is InChI=1S/C30H54N2O6/c1-13-14-25(18-37-29(35)22(8)15-19(2)3)31(11)27(17-21(6)7)30(36)38-24(10)28(34)32(12)26(23(9)33)16-20(4)5/h14,19-22,24,26-27H,13,15-18H2,1-12H3/b25-14-. The van der Waals surface area contributed by atoms with Crippen molar-refractivity contribution in [2.24, 2.45) is 23.7 Å². The highest BCUT2D eigenvalue weighted by molar-refractivity contribution is 5.90. The zero-order chi connectivity index (χ0) is 29.7. The molecule has 0 heterocycles. The molecule has 220 valence electrons. The fraction of sp³-hybridized carbons (Fsp3) is 0.800. The third-order valence-corrected chi connectivity index (χ3v) is 6.54. The summed E-state index contributed by atoms with van der Waals surface area (Å²) in [7, 11) is 3.36. The average Bonchev–Trinajstić information content (AvgIpc) is 2.80. The number of carbonyl (C=O) groups excluding carboxylic acids is 4. The van der Waals surface area contributed by atoms with Crippen molar-refractivity contribution in [3.8, 4) is 0 Å². The summed E-state index contributed by atoms with van der Waals surface area (Å²) >= 11 is 0. The van der Waals surface area contributed by atoms with Crippen LogP contribution < -0.4 is 0 Å². The molecular weight excluding hydrogens is 484 g/mol. The molecule has 0 fully saturated rings. The number of rotatable bonds is 17. The first-order valence-corrected chi connectivity index (χ1v) is 14.1. The van der Waals surface area contributed by atoms with Crippen LogP contribution in [0, 0.1) is 23.7 Å². The van der Waals surface area contributed by atoms with Gasteiger partial charge in [-0.2, -0.15) is 0 Å². The fourth-order valence-electron chi connectivity index (χ4n) is 4.48. The van der Waals surface area contributed by atoms with Crippen LogP contribution in [0.1, 0.15) is 94.9 Å². The molecule has 0 bridgehead atoms. The van der Waals surface area contributed by atoms with Gasteiger partial charge in [0.1, 0.15) is 12.6 Å². The van der Waals surface area contributed by atoms with Gasteiger partial charge in [0.25, 0.3) is 5.91 Å². The van der Waals surface area contributed by atoms with E-state index in [1.54, 1.807) is 19.0 Å². The molecule has 0 radical (unpaired) electrons. The maximum absolute atomic E-state index is 13.4. The van der Waals surface area contributed by atoms with E-state index in [-0.39, 0.29) is 36.1 Å². The number of amides is 1. The van der Waals surface area contributed by atoms with E-state index in [0.29, 0.717) is 30.9 Å². The van der Waals surface area contributed by atoms with Crippen molar-refractivity contribution >= 4 is 23.6 Å². The minimum absolute atomic E-state index is 0.0558. The van der Waals surface area contributed by atoms with Crippen molar-refractivity contribution in [2.75, 3.05) is 20.7 Å². The Morgan fingerprint density at radius 1 is 0.737 bits per heavy atom. The zero-order valence-corrected chi connectivity index (χ0v) is 26.0. The van der Waals surface area contributed by atoms with Crippen LogP contribution in [-0.4, -0.2) is 72.3 Å². The Kier molecular flexibility index (Phi) is 16.2. The van der Waals surface area contributed by atoms with Crippen molar-refractivity contribution in [3.05, 3.63) is 11.8 Å². The van der Waals surface area contributed by atoms with Gasteiger partial charge in [0.05, 0.1) is 12.0 Å². The molecule has 0 rings (SSSR count). The lowest BCUT2D eigenvalue weighted by Crippen LogP contribution is -2.49. The summed E-state index contributed by atoms with van der Waals surface area (Å²) in [6.07, 6.45) is 3.37. The van der Waals surface area contributed by atoms with E-state index in [4.69, 9.17) is 9.47 Å². The highest BCUT2D eigenvalue weighted by atomic mass is 16.6. The molecule has 8 heteroatoms. The van der Waals surface area contributed by atoms with Gasteiger partial charge < -0.3 is 19.3 Å². The van der Waals surface area contributed by atoms with Crippen molar-refractivity contribution in [1.29, 1.82) is 0 Å². The number of esters is 2. The quantitative estimate of drug-likeness (QED) is 0.234. The third kappa shape index (κ3) is 12.4. The smallest absolute Gasteiger partial charge is 0.329 e. The minimum Gasteiger partial charge on any atom is -0.459 e. The first-order valence-electron chi connectivity index (χ1n) is 14.1. The molecule has 0 aliphatic heterocycles. The van der Waals surface area contributed by atoms with Crippen molar-refractivity contribution < 1.29 is 28.7 Å². The predicted molar refractivity (Wildman–Crippen MR) is 151 cm³/mol. The summed E-state index contributed by atoms with van der Waals surface area (Å²) in [6, 6.07) is -1.23. The lowest BCUT2D eigenvalue weighted by Gasteiger charge is -2.33. The molecule has 8 nitrogen and oxygen atoms in total. The van der Waals surface area contributed by atoms with E-state index < -0.39 is 30.1 Å². The van der Waals surface area contributed by atoms with E-state index in [9.17, 15) is 19.2 Å². The van der Waals surface area contributed by atoms with Gasteiger partial charge in [-0.3, -0.25) is 14.4 Å². The number of nitrogens with zero attached hydrogens (tertiary/aromatic N) is 2. The SMILES string of the molecule is CC/C=C(/COC(=O)C(C)CC(C)C)N(C)C(CC(C)C)C(=O)OC(C)C(=O)N(C)C(CC(C)C)C(C)=O. The molecule has 38 heavy (non-hydrogen) atoms. The normalized spacial score (nSPS) is 15.2. The van der Waals surface area contributed by atoms with Crippen LogP contribution in [-0.2, 0) is 28.7 Å². The van der Waals surface area contributed by atoms with E-state index >= 15 is 0 Å². The summed E-state index contributed by atoms with van der Waals surface area (Å²) in [4.78, 5) is 54.4. The summed E-state index contributed by atoms with van der Waals surface area (Å²) in [5, 5.41) is 0. The van der Waals surface area contributed by atoms with Gasteiger partial charge in [0.15, 0.2) is 11.9 Å². The summed E-state index contributed by atoms with van der Waals surface area (Å²) in [6.45, 7) is 19.0. The number of ketones is 1. The fourth-order valence-corrected chi connectivity index (χ4v) is 4.48. The second-order valence-corrected chi connectivity index (χ2v) is 11.8. The first-order chi connectivity index (χ1) is 17.5. The molecular formula is C30H54N2O6. The van der Waals surface area contributed by atoms with Crippen LogP contribution in [0.3, 0.4) is 0 Å². The number of likely N-dealkylation sites (N-methyl/N-ethyl adjacent to an activating group) is 2. The van der Waals surface area contributed by atoms with Gasteiger partial charge in [-0.05, 0) is 57.3 Å². The van der Waals surface area contributed by atoms with E-state index in [1.165, 1.54) is 18.7 Å². The Bertz CT molecular complexity index is 805. The van der Waals surface area contributed by atoms with Crippen LogP contribution in [0.25, 0.3) is 0 Å². The molecule has 0 spiro atoms. The highest BCUT2D eigenvalue weighted by Crippen LogP contribution is 2.20. The summed E-state index contributed by atoms with van der Waals surface area (Å²) < 4.78 is 11.3. The molecule has 4 atom stereocenters. The van der Waals surface area contributed by atoms with E-state index in [1.807, 2.05) is 47.6 Å². The lowest BCUT2D eigenvalue weighted by atomic mass is 9.99. The molecule has 0 aromatic heterocycles. The second-order valence-electron chi connectivity index (χ2n) is 11.8. The number of allylic oxidation sites excluding steroid dienone is 1. The molecule has 0 saturated heterocycles. The number of ether oxygens (including phenoxy) is 2. The van der Waals surface area contributed by atoms with Crippen LogP contribution >= 0.6 is 0 Å². The lowest BCUT2D eigenvalue weighted by molar-refractivity contribution is -0.164. The minimum atomic E-state index is -1.04. The second kappa shape index (κ2) is 17.3. The molecule has 4 unspecified atom stereocenters. The molecule has 0 saturated carbocycles. The van der Waals surface area contributed by atoms with Gasteiger partial charge in [-0.25, -0.2) is 4.79 Å². The topological polar surface area (TPSA) is 93.2 Å². The van der Waals surface area contributed by atoms with Crippen LogP contribution in [0.5, 0.6) is 0 Å². The van der Waals surface area contributed by atoms with Crippen LogP contribution in [0.4, 0.5) is 0 Å².